The maximum atomic E-state index is 13.3. The van der Waals surface area contributed by atoms with Gasteiger partial charge in [0.1, 0.15) is 18.2 Å². The molecule has 19 heavy (non-hydrogen) atoms. The van der Waals surface area contributed by atoms with Gasteiger partial charge in [-0.2, -0.15) is 0 Å². The maximum Gasteiger partial charge on any atom is 0.142 e. The van der Waals surface area contributed by atoms with Gasteiger partial charge in [-0.3, -0.25) is 0 Å². The number of nitrogens with two attached hydrogens (primary N) is 1. The molecule has 0 saturated heterocycles. The Labute approximate surface area is 120 Å². The second kappa shape index (κ2) is 6.24. The lowest BCUT2D eigenvalue weighted by molar-refractivity contribution is 0.302. The number of hydrogen-bond acceptors (Lipinski definition) is 2. The molecule has 0 radical (unpaired) electrons. The van der Waals surface area contributed by atoms with Crippen LogP contribution in [0.5, 0.6) is 5.75 Å². The molecule has 100 valence electrons. The molecular formula is C14H12Cl2FNO. The van der Waals surface area contributed by atoms with Crippen LogP contribution in [0.1, 0.15) is 11.1 Å². The molecule has 2 nitrogen and oxygen atoms in total. The van der Waals surface area contributed by atoms with E-state index in [4.69, 9.17) is 33.7 Å². The van der Waals surface area contributed by atoms with E-state index in [1.54, 1.807) is 30.3 Å². The lowest BCUT2D eigenvalue weighted by atomic mass is 10.2. The normalized spacial score (nSPS) is 10.5. The van der Waals surface area contributed by atoms with Crippen molar-refractivity contribution < 1.29 is 9.13 Å². The molecule has 0 saturated carbocycles. The summed E-state index contributed by atoms with van der Waals surface area (Å²) < 4.78 is 18.9. The fraction of sp³-hybridized carbons (Fsp3) is 0.143. The van der Waals surface area contributed by atoms with Crippen molar-refractivity contribution in [3.8, 4) is 5.75 Å². The van der Waals surface area contributed by atoms with Gasteiger partial charge in [-0.1, -0.05) is 41.4 Å². The summed E-state index contributed by atoms with van der Waals surface area (Å²) in [5.74, 6) is 0.114. The highest BCUT2D eigenvalue weighted by molar-refractivity contribution is 6.31. The fourth-order valence-electron chi connectivity index (χ4n) is 1.69. The van der Waals surface area contributed by atoms with E-state index in [1.807, 2.05) is 0 Å². The topological polar surface area (TPSA) is 35.2 Å². The molecule has 0 fully saturated rings. The minimum atomic E-state index is -0.465. The third-order valence-electron chi connectivity index (χ3n) is 2.69. The summed E-state index contributed by atoms with van der Waals surface area (Å²) in [7, 11) is 0. The molecule has 0 aromatic heterocycles. The Morgan fingerprint density at radius 1 is 1.11 bits per heavy atom. The first-order valence-electron chi connectivity index (χ1n) is 5.66. The zero-order valence-corrected chi connectivity index (χ0v) is 11.5. The summed E-state index contributed by atoms with van der Waals surface area (Å²) >= 11 is 11.9. The zero-order chi connectivity index (χ0) is 13.8. The first kappa shape index (κ1) is 14.1. The van der Waals surface area contributed by atoms with Crippen LogP contribution in [0.4, 0.5) is 4.39 Å². The van der Waals surface area contributed by atoms with E-state index in [0.29, 0.717) is 16.3 Å². The Bertz CT molecular complexity index is 590. The van der Waals surface area contributed by atoms with Gasteiger partial charge in [0.25, 0.3) is 0 Å². The molecule has 0 spiro atoms. The van der Waals surface area contributed by atoms with Crippen molar-refractivity contribution in [1.82, 2.24) is 0 Å². The van der Waals surface area contributed by atoms with Gasteiger partial charge in [0.15, 0.2) is 0 Å². The summed E-state index contributed by atoms with van der Waals surface area (Å²) in [6.45, 7) is 0.426. The number of benzene rings is 2. The highest BCUT2D eigenvalue weighted by atomic mass is 35.5. The Balaban J connectivity index is 2.19. The van der Waals surface area contributed by atoms with Crippen LogP contribution >= 0.6 is 23.2 Å². The summed E-state index contributed by atoms with van der Waals surface area (Å²) in [6.07, 6.45) is 0. The molecule has 0 amide bonds. The van der Waals surface area contributed by atoms with Crippen molar-refractivity contribution in [2.24, 2.45) is 5.73 Å². The number of halogens is 3. The highest BCUT2D eigenvalue weighted by Gasteiger charge is 2.09. The summed E-state index contributed by atoms with van der Waals surface area (Å²) in [5, 5.41) is 0.615. The van der Waals surface area contributed by atoms with E-state index in [2.05, 4.69) is 0 Å². The molecule has 2 N–H and O–H groups in total. The minimum Gasteiger partial charge on any atom is -0.488 e. The molecule has 0 heterocycles. The Morgan fingerprint density at radius 3 is 2.58 bits per heavy atom. The highest BCUT2D eigenvalue weighted by Crippen LogP contribution is 2.27. The molecule has 2 aromatic rings. The molecule has 0 unspecified atom stereocenters. The molecule has 0 atom stereocenters. The van der Waals surface area contributed by atoms with Gasteiger partial charge in [0, 0.05) is 22.7 Å². The van der Waals surface area contributed by atoms with Gasteiger partial charge in [0.2, 0.25) is 0 Å². The third kappa shape index (κ3) is 3.18. The Morgan fingerprint density at radius 2 is 1.84 bits per heavy atom. The van der Waals surface area contributed by atoms with Crippen LogP contribution in [-0.4, -0.2) is 0 Å². The predicted octanol–water partition coefficient (Wildman–Crippen LogP) is 4.17. The van der Waals surface area contributed by atoms with Crippen molar-refractivity contribution >= 4 is 23.2 Å². The maximum absolute atomic E-state index is 13.3. The largest absolute Gasteiger partial charge is 0.488 e. The van der Waals surface area contributed by atoms with Crippen LogP contribution in [0, 0.1) is 5.82 Å². The van der Waals surface area contributed by atoms with Crippen molar-refractivity contribution in [3.05, 3.63) is 63.4 Å². The lowest BCUT2D eigenvalue weighted by Gasteiger charge is -2.12. The Hall–Kier alpha value is -1.29. The first-order chi connectivity index (χ1) is 9.13. The van der Waals surface area contributed by atoms with E-state index < -0.39 is 5.82 Å². The van der Waals surface area contributed by atoms with Gasteiger partial charge in [-0.15, -0.1) is 0 Å². The van der Waals surface area contributed by atoms with Gasteiger partial charge >= 0.3 is 0 Å². The number of hydrogen-bond donors (Lipinski definition) is 1. The third-order valence-corrected chi connectivity index (χ3v) is 3.47. The SMILES string of the molecule is NCc1c(Cl)cccc1OCc1cccc(F)c1Cl. The molecule has 0 aliphatic heterocycles. The van der Waals surface area contributed by atoms with Crippen LogP contribution in [0.2, 0.25) is 10.0 Å². The zero-order valence-electron chi connectivity index (χ0n) is 10.00. The van der Waals surface area contributed by atoms with E-state index in [1.165, 1.54) is 6.07 Å². The molecule has 5 heteroatoms. The van der Waals surface area contributed by atoms with Crippen molar-refractivity contribution in [1.29, 1.82) is 0 Å². The Kier molecular flexibility index (Phi) is 4.64. The van der Waals surface area contributed by atoms with E-state index in [0.717, 1.165) is 5.56 Å². The summed E-state index contributed by atoms with van der Waals surface area (Å²) in [5.41, 5.74) is 6.92. The van der Waals surface area contributed by atoms with Crippen molar-refractivity contribution in [2.45, 2.75) is 13.2 Å². The number of ether oxygens (including phenoxy) is 1. The van der Waals surface area contributed by atoms with Gasteiger partial charge in [-0.05, 0) is 18.2 Å². The van der Waals surface area contributed by atoms with E-state index >= 15 is 0 Å². The molecular weight excluding hydrogens is 288 g/mol. The van der Waals surface area contributed by atoms with E-state index in [9.17, 15) is 4.39 Å². The molecule has 0 bridgehead atoms. The average molecular weight is 300 g/mol. The minimum absolute atomic E-state index is 0.0684. The quantitative estimate of drug-likeness (QED) is 0.919. The van der Waals surface area contributed by atoms with Crippen LogP contribution in [0.3, 0.4) is 0 Å². The first-order valence-corrected chi connectivity index (χ1v) is 6.42. The van der Waals surface area contributed by atoms with Crippen LogP contribution < -0.4 is 10.5 Å². The van der Waals surface area contributed by atoms with Gasteiger partial charge in [-0.25, -0.2) is 4.39 Å². The second-order valence-corrected chi connectivity index (χ2v) is 4.71. The molecule has 2 rings (SSSR count). The average Bonchev–Trinajstić information content (AvgIpc) is 2.40. The monoisotopic (exact) mass is 299 g/mol. The molecule has 0 aliphatic rings. The van der Waals surface area contributed by atoms with Gasteiger partial charge in [0.05, 0.1) is 5.02 Å². The smallest absolute Gasteiger partial charge is 0.142 e. The van der Waals surface area contributed by atoms with Gasteiger partial charge < -0.3 is 10.5 Å². The summed E-state index contributed by atoms with van der Waals surface area (Å²) in [6, 6.07) is 9.87. The number of rotatable bonds is 4. The summed E-state index contributed by atoms with van der Waals surface area (Å²) in [4.78, 5) is 0. The van der Waals surface area contributed by atoms with E-state index in [-0.39, 0.29) is 18.2 Å². The lowest BCUT2D eigenvalue weighted by Crippen LogP contribution is -2.04. The van der Waals surface area contributed by atoms with Crippen LogP contribution in [0.15, 0.2) is 36.4 Å². The van der Waals surface area contributed by atoms with Crippen LogP contribution in [0.25, 0.3) is 0 Å². The van der Waals surface area contributed by atoms with Crippen LogP contribution in [-0.2, 0) is 13.2 Å². The molecule has 2 aromatic carbocycles. The van der Waals surface area contributed by atoms with Crippen molar-refractivity contribution in [3.63, 3.8) is 0 Å². The fourth-order valence-corrected chi connectivity index (χ4v) is 2.11. The van der Waals surface area contributed by atoms with Crippen molar-refractivity contribution in [2.75, 3.05) is 0 Å². The second-order valence-electron chi connectivity index (χ2n) is 3.92. The predicted molar refractivity (Wildman–Crippen MR) is 75.1 cm³/mol. The standard InChI is InChI=1S/C14H12Cl2FNO/c15-11-4-2-6-13(10(11)7-18)19-8-9-3-1-5-12(17)14(9)16/h1-6H,7-8,18H2. The molecule has 0 aliphatic carbocycles.